The summed E-state index contributed by atoms with van der Waals surface area (Å²) in [6.45, 7) is 7.67. The zero-order valence-corrected chi connectivity index (χ0v) is 17.9. The van der Waals surface area contributed by atoms with Crippen LogP contribution >= 0.6 is 0 Å². The summed E-state index contributed by atoms with van der Waals surface area (Å²) >= 11 is 0. The minimum absolute atomic E-state index is 0.00352. The van der Waals surface area contributed by atoms with Crippen LogP contribution in [0.3, 0.4) is 0 Å². The number of ketones is 1. The van der Waals surface area contributed by atoms with Gasteiger partial charge in [-0.25, -0.2) is 0 Å². The van der Waals surface area contributed by atoms with Crippen molar-refractivity contribution in [3.05, 3.63) is 47.0 Å². The Morgan fingerprint density at radius 2 is 1.87 bits per heavy atom. The van der Waals surface area contributed by atoms with Crippen molar-refractivity contribution < 1.29 is 28.5 Å². The number of hydrogen-bond acceptors (Lipinski definition) is 6. The van der Waals surface area contributed by atoms with Gasteiger partial charge in [0.25, 0.3) is 0 Å². The van der Waals surface area contributed by atoms with Gasteiger partial charge >= 0.3 is 5.97 Å². The van der Waals surface area contributed by atoms with Gasteiger partial charge in [-0.05, 0) is 57.5 Å². The van der Waals surface area contributed by atoms with E-state index in [9.17, 15) is 9.59 Å². The molecule has 2 aliphatic heterocycles. The summed E-state index contributed by atoms with van der Waals surface area (Å²) in [5.41, 5.74) is 1.50. The number of benzene rings is 2. The molecule has 0 N–H and O–H groups in total. The van der Waals surface area contributed by atoms with Gasteiger partial charge in [0.15, 0.2) is 17.3 Å². The maximum absolute atomic E-state index is 12.7. The Morgan fingerprint density at radius 1 is 1.10 bits per heavy atom. The molecule has 2 aromatic rings. The average molecular weight is 410 g/mol. The standard InChI is InChI=1S/C24H26O6/c1-13(2)28-18-8-6-14(10-20(18)27-5)16-11-21(26)29-19-9-7-15-17(25)12-24(3,4)30-23(15)22(16)19/h6-10,13,16H,11-12H2,1-5H3. The van der Waals surface area contributed by atoms with Gasteiger partial charge in [-0.15, -0.1) is 0 Å². The zero-order valence-electron chi connectivity index (χ0n) is 17.9. The molecule has 0 fully saturated rings. The molecule has 0 radical (unpaired) electrons. The quantitative estimate of drug-likeness (QED) is 0.539. The number of fused-ring (bicyclic) bond motifs is 3. The third-order valence-corrected chi connectivity index (χ3v) is 5.32. The zero-order chi connectivity index (χ0) is 21.6. The van der Waals surface area contributed by atoms with E-state index in [2.05, 4.69) is 0 Å². The van der Waals surface area contributed by atoms with Gasteiger partial charge < -0.3 is 18.9 Å². The summed E-state index contributed by atoms with van der Waals surface area (Å²) in [5, 5.41) is 0. The van der Waals surface area contributed by atoms with Crippen molar-refractivity contribution in [2.24, 2.45) is 0 Å². The average Bonchev–Trinajstić information content (AvgIpc) is 2.66. The molecule has 4 rings (SSSR count). The summed E-state index contributed by atoms with van der Waals surface area (Å²) in [6, 6.07) is 9.01. The summed E-state index contributed by atoms with van der Waals surface area (Å²) in [5.74, 6) is 1.55. The fourth-order valence-corrected chi connectivity index (χ4v) is 4.09. The van der Waals surface area contributed by atoms with Gasteiger partial charge in [-0.3, -0.25) is 9.59 Å². The Balaban J connectivity index is 1.85. The van der Waals surface area contributed by atoms with Crippen molar-refractivity contribution in [1.29, 1.82) is 0 Å². The maximum Gasteiger partial charge on any atom is 0.312 e. The number of Topliss-reactive ketones (excluding diaryl/α,β-unsaturated/α-hetero) is 1. The van der Waals surface area contributed by atoms with Crippen molar-refractivity contribution in [1.82, 2.24) is 0 Å². The van der Waals surface area contributed by atoms with E-state index in [-0.39, 0.29) is 30.2 Å². The number of ether oxygens (including phenoxy) is 4. The lowest BCUT2D eigenvalue weighted by atomic mass is 9.82. The topological polar surface area (TPSA) is 71.1 Å². The van der Waals surface area contributed by atoms with Crippen LogP contribution in [0.5, 0.6) is 23.0 Å². The monoisotopic (exact) mass is 410 g/mol. The van der Waals surface area contributed by atoms with E-state index in [0.29, 0.717) is 35.0 Å². The largest absolute Gasteiger partial charge is 0.493 e. The van der Waals surface area contributed by atoms with Gasteiger partial charge in [0, 0.05) is 11.5 Å². The summed E-state index contributed by atoms with van der Waals surface area (Å²) in [6.07, 6.45) is 0.455. The molecular formula is C24H26O6. The fraction of sp³-hybridized carbons (Fsp3) is 0.417. The van der Waals surface area contributed by atoms with Crippen LogP contribution in [0.4, 0.5) is 0 Å². The second-order valence-electron chi connectivity index (χ2n) is 8.62. The SMILES string of the molecule is COc1cc(C2CC(=O)Oc3ccc4c(c32)OC(C)(C)CC4=O)ccc1OC(C)C. The number of hydrogen-bond donors (Lipinski definition) is 0. The van der Waals surface area contributed by atoms with Crippen molar-refractivity contribution in [3.8, 4) is 23.0 Å². The van der Waals surface area contributed by atoms with Crippen LogP contribution in [-0.2, 0) is 4.79 Å². The Labute approximate surface area is 176 Å². The Hall–Kier alpha value is -3.02. The molecule has 0 aliphatic carbocycles. The molecule has 6 nitrogen and oxygen atoms in total. The van der Waals surface area contributed by atoms with Crippen LogP contribution in [0.25, 0.3) is 0 Å². The van der Waals surface area contributed by atoms with E-state index in [1.165, 1.54) is 0 Å². The van der Waals surface area contributed by atoms with E-state index in [1.807, 2.05) is 45.9 Å². The summed E-state index contributed by atoms with van der Waals surface area (Å²) in [7, 11) is 1.58. The first kappa shape index (κ1) is 20.3. The predicted octanol–water partition coefficient (Wildman–Crippen LogP) is 4.67. The number of carbonyl (C=O) groups excluding carboxylic acids is 2. The minimum atomic E-state index is -0.627. The smallest absolute Gasteiger partial charge is 0.312 e. The molecule has 0 amide bonds. The predicted molar refractivity (Wildman–Crippen MR) is 111 cm³/mol. The molecule has 0 bridgehead atoms. The molecule has 2 aromatic carbocycles. The number of methoxy groups -OCH3 is 1. The molecule has 1 atom stereocenters. The van der Waals surface area contributed by atoms with Gasteiger partial charge in [0.1, 0.15) is 17.1 Å². The molecule has 0 spiro atoms. The van der Waals surface area contributed by atoms with Gasteiger partial charge in [0.2, 0.25) is 0 Å². The van der Waals surface area contributed by atoms with E-state index < -0.39 is 5.60 Å². The Bertz CT molecular complexity index is 1020. The lowest BCUT2D eigenvalue weighted by Gasteiger charge is -2.36. The van der Waals surface area contributed by atoms with Crippen molar-refractivity contribution in [2.75, 3.05) is 7.11 Å². The van der Waals surface area contributed by atoms with E-state index in [4.69, 9.17) is 18.9 Å². The molecular weight excluding hydrogens is 384 g/mol. The van der Waals surface area contributed by atoms with E-state index in [1.54, 1.807) is 19.2 Å². The van der Waals surface area contributed by atoms with E-state index in [0.717, 1.165) is 11.1 Å². The Kier molecular flexibility index (Phi) is 4.96. The summed E-state index contributed by atoms with van der Waals surface area (Å²) in [4.78, 5) is 25.1. The third-order valence-electron chi connectivity index (χ3n) is 5.32. The van der Waals surface area contributed by atoms with Gasteiger partial charge in [0.05, 0.1) is 31.6 Å². The molecule has 0 saturated heterocycles. The first-order chi connectivity index (χ1) is 14.2. The van der Waals surface area contributed by atoms with E-state index >= 15 is 0 Å². The molecule has 0 aromatic heterocycles. The highest BCUT2D eigenvalue weighted by molar-refractivity contribution is 6.01. The first-order valence-corrected chi connectivity index (χ1v) is 10.1. The van der Waals surface area contributed by atoms with Crippen LogP contribution in [-0.4, -0.2) is 30.6 Å². The molecule has 158 valence electrons. The highest BCUT2D eigenvalue weighted by Gasteiger charge is 2.40. The highest BCUT2D eigenvalue weighted by atomic mass is 16.5. The maximum atomic E-state index is 12.7. The molecule has 2 heterocycles. The van der Waals surface area contributed by atoms with Crippen LogP contribution in [0, 0.1) is 0 Å². The number of carbonyl (C=O) groups is 2. The Morgan fingerprint density at radius 3 is 2.57 bits per heavy atom. The lowest BCUT2D eigenvalue weighted by molar-refractivity contribution is -0.135. The second-order valence-corrected chi connectivity index (χ2v) is 8.62. The van der Waals surface area contributed by atoms with Gasteiger partial charge in [-0.2, -0.15) is 0 Å². The molecule has 2 aliphatic rings. The third kappa shape index (κ3) is 3.62. The highest BCUT2D eigenvalue weighted by Crippen LogP contribution is 2.49. The molecule has 0 saturated carbocycles. The minimum Gasteiger partial charge on any atom is -0.493 e. The lowest BCUT2D eigenvalue weighted by Crippen LogP contribution is -2.37. The molecule has 1 unspecified atom stereocenters. The molecule has 6 heteroatoms. The number of rotatable bonds is 4. The van der Waals surface area contributed by atoms with Crippen molar-refractivity contribution in [2.45, 2.75) is 58.2 Å². The summed E-state index contributed by atoms with van der Waals surface area (Å²) < 4.78 is 23.1. The fourth-order valence-electron chi connectivity index (χ4n) is 4.09. The second kappa shape index (κ2) is 7.35. The van der Waals surface area contributed by atoms with Crippen molar-refractivity contribution >= 4 is 11.8 Å². The van der Waals surface area contributed by atoms with Crippen LogP contribution in [0.1, 0.15) is 67.9 Å². The first-order valence-electron chi connectivity index (χ1n) is 10.1. The van der Waals surface area contributed by atoms with Crippen LogP contribution in [0.2, 0.25) is 0 Å². The number of esters is 1. The normalized spacial score (nSPS) is 19.5. The van der Waals surface area contributed by atoms with Crippen molar-refractivity contribution in [3.63, 3.8) is 0 Å². The van der Waals surface area contributed by atoms with Crippen LogP contribution in [0.15, 0.2) is 30.3 Å². The van der Waals surface area contributed by atoms with Crippen LogP contribution < -0.4 is 18.9 Å². The molecule has 30 heavy (non-hydrogen) atoms. The van der Waals surface area contributed by atoms with Gasteiger partial charge in [-0.1, -0.05) is 6.07 Å².